The first-order valence-corrected chi connectivity index (χ1v) is 7.98. The molecule has 0 spiro atoms. The van der Waals surface area contributed by atoms with Crippen LogP contribution >= 0.6 is 0 Å². The molecular formula is C19H16F2N4O. The number of nitrogens with one attached hydrogen (secondary N) is 2. The highest BCUT2D eigenvalue weighted by Gasteiger charge is 2.09. The Bertz CT molecular complexity index is 900. The molecule has 0 bridgehead atoms. The van der Waals surface area contributed by atoms with Crippen molar-refractivity contribution in [2.45, 2.75) is 6.42 Å². The summed E-state index contributed by atoms with van der Waals surface area (Å²) in [5.74, 6) is -0.833. The molecule has 0 saturated carbocycles. The summed E-state index contributed by atoms with van der Waals surface area (Å²) in [4.78, 5) is 20.3. The van der Waals surface area contributed by atoms with Crippen LogP contribution in [0.4, 0.5) is 20.4 Å². The number of aromatic nitrogens is 2. The van der Waals surface area contributed by atoms with E-state index < -0.39 is 0 Å². The van der Waals surface area contributed by atoms with Gasteiger partial charge in [0.05, 0.1) is 0 Å². The highest BCUT2D eigenvalue weighted by Crippen LogP contribution is 2.14. The van der Waals surface area contributed by atoms with E-state index >= 15 is 0 Å². The number of carbonyl (C=O) groups excluding carboxylic acids is 1. The van der Waals surface area contributed by atoms with Crippen LogP contribution in [-0.4, -0.2) is 22.4 Å². The van der Waals surface area contributed by atoms with Gasteiger partial charge in [-0.3, -0.25) is 4.79 Å². The molecule has 0 radical (unpaired) electrons. The molecule has 0 atom stereocenters. The van der Waals surface area contributed by atoms with Gasteiger partial charge in [-0.15, -0.1) is 0 Å². The Morgan fingerprint density at radius 1 is 1.00 bits per heavy atom. The Labute approximate surface area is 149 Å². The molecule has 2 N–H and O–H groups in total. The zero-order valence-electron chi connectivity index (χ0n) is 13.7. The minimum absolute atomic E-state index is 0.193. The molecule has 1 heterocycles. The van der Waals surface area contributed by atoms with Crippen LogP contribution in [0, 0.1) is 11.6 Å². The van der Waals surface area contributed by atoms with Gasteiger partial charge in [-0.05, 0) is 48.4 Å². The van der Waals surface area contributed by atoms with Gasteiger partial charge >= 0.3 is 0 Å². The second-order valence-electron chi connectivity index (χ2n) is 5.53. The first kappa shape index (κ1) is 17.5. The van der Waals surface area contributed by atoms with Crippen LogP contribution in [0.1, 0.15) is 16.1 Å². The normalized spacial score (nSPS) is 10.4. The van der Waals surface area contributed by atoms with Crippen LogP contribution in [0.15, 0.2) is 60.8 Å². The SMILES string of the molecule is O=C(NCCc1ccc(F)cc1)c1ccnc(Nc2cccc(F)c2)n1. The number of halogens is 2. The van der Waals surface area contributed by atoms with Gasteiger partial charge in [-0.2, -0.15) is 0 Å². The first-order valence-electron chi connectivity index (χ1n) is 7.98. The lowest BCUT2D eigenvalue weighted by atomic mass is 10.1. The van der Waals surface area contributed by atoms with Crippen molar-refractivity contribution in [3.63, 3.8) is 0 Å². The summed E-state index contributed by atoms with van der Waals surface area (Å²) in [5.41, 5.74) is 1.60. The molecule has 0 unspecified atom stereocenters. The van der Waals surface area contributed by atoms with E-state index in [-0.39, 0.29) is 29.2 Å². The van der Waals surface area contributed by atoms with E-state index in [9.17, 15) is 13.6 Å². The lowest BCUT2D eigenvalue weighted by Crippen LogP contribution is -2.26. The average Bonchev–Trinajstić information content (AvgIpc) is 2.63. The standard InChI is InChI=1S/C19H16F2N4O/c20-14-6-4-13(5-7-14)8-10-22-18(26)17-9-11-23-19(25-17)24-16-3-1-2-15(21)12-16/h1-7,9,11-12H,8,10H2,(H,22,26)(H,23,24,25). The van der Waals surface area contributed by atoms with Gasteiger partial charge in [0, 0.05) is 18.4 Å². The quantitative estimate of drug-likeness (QED) is 0.711. The Morgan fingerprint density at radius 2 is 1.81 bits per heavy atom. The maximum Gasteiger partial charge on any atom is 0.270 e. The second kappa shape index (κ2) is 8.15. The molecule has 0 aliphatic carbocycles. The molecular weight excluding hydrogens is 338 g/mol. The van der Waals surface area contributed by atoms with Crippen molar-refractivity contribution in [1.82, 2.24) is 15.3 Å². The van der Waals surface area contributed by atoms with Gasteiger partial charge < -0.3 is 10.6 Å². The number of benzene rings is 2. The Balaban J connectivity index is 1.58. The molecule has 0 aliphatic rings. The zero-order chi connectivity index (χ0) is 18.4. The van der Waals surface area contributed by atoms with Crippen molar-refractivity contribution in [3.05, 3.63) is 83.7 Å². The average molecular weight is 354 g/mol. The van der Waals surface area contributed by atoms with Gasteiger partial charge in [0.15, 0.2) is 0 Å². The van der Waals surface area contributed by atoms with Crippen molar-refractivity contribution in [3.8, 4) is 0 Å². The topological polar surface area (TPSA) is 66.9 Å². The van der Waals surface area contributed by atoms with E-state index in [2.05, 4.69) is 20.6 Å². The largest absolute Gasteiger partial charge is 0.350 e. The number of hydrogen-bond acceptors (Lipinski definition) is 4. The van der Waals surface area contributed by atoms with Crippen LogP contribution in [0.2, 0.25) is 0 Å². The number of hydrogen-bond donors (Lipinski definition) is 2. The Kier molecular flexibility index (Phi) is 5.48. The molecule has 1 aromatic heterocycles. The zero-order valence-corrected chi connectivity index (χ0v) is 13.7. The maximum absolute atomic E-state index is 13.2. The molecule has 3 rings (SSSR count). The summed E-state index contributed by atoms with van der Waals surface area (Å²) in [6, 6.07) is 13.5. The van der Waals surface area contributed by atoms with E-state index in [1.807, 2.05) is 0 Å². The number of nitrogens with zero attached hydrogens (tertiary/aromatic N) is 2. The van der Waals surface area contributed by atoms with Crippen molar-refractivity contribution >= 4 is 17.5 Å². The monoisotopic (exact) mass is 354 g/mol. The third-order valence-corrected chi connectivity index (χ3v) is 3.58. The van der Waals surface area contributed by atoms with Crippen molar-refractivity contribution in [2.24, 2.45) is 0 Å². The fourth-order valence-corrected chi connectivity index (χ4v) is 2.30. The predicted molar refractivity (Wildman–Crippen MR) is 94.2 cm³/mol. The molecule has 1 amide bonds. The van der Waals surface area contributed by atoms with Crippen LogP contribution in [0.5, 0.6) is 0 Å². The van der Waals surface area contributed by atoms with Gasteiger partial charge in [0.2, 0.25) is 5.95 Å². The second-order valence-corrected chi connectivity index (χ2v) is 5.53. The summed E-state index contributed by atoms with van der Waals surface area (Å²) in [6.45, 7) is 0.390. The highest BCUT2D eigenvalue weighted by molar-refractivity contribution is 5.92. The number of anilines is 2. The molecule has 0 fully saturated rings. The van der Waals surface area contributed by atoms with E-state index in [0.717, 1.165) is 5.56 Å². The fourth-order valence-electron chi connectivity index (χ4n) is 2.30. The number of amides is 1. The van der Waals surface area contributed by atoms with Crippen molar-refractivity contribution in [1.29, 1.82) is 0 Å². The van der Waals surface area contributed by atoms with Gasteiger partial charge in [-0.1, -0.05) is 18.2 Å². The van der Waals surface area contributed by atoms with Crippen molar-refractivity contribution < 1.29 is 13.6 Å². The first-order chi connectivity index (χ1) is 12.6. The minimum Gasteiger partial charge on any atom is -0.350 e. The van der Waals surface area contributed by atoms with Crippen LogP contribution in [0.25, 0.3) is 0 Å². The summed E-state index contributed by atoms with van der Waals surface area (Å²) >= 11 is 0. The van der Waals surface area contributed by atoms with E-state index in [4.69, 9.17) is 0 Å². The third-order valence-electron chi connectivity index (χ3n) is 3.58. The molecule has 2 aromatic carbocycles. The summed E-state index contributed by atoms with van der Waals surface area (Å²) < 4.78 is 26.1. The molecule has 0 saturated heterocycles. The van der Waals surface area contributed by atoms with Crippen LogP contribution in [-0.2, 0) is 6.42 Å². The summed E-state index contributed by atoms with van der Waals surface area (Å²) in [6.07, 6.45) is 2.02. The molecule has 0 aliphatic heterocycles. The highest BCUT2D eigenvalue weighted by atomic mass is 19.1. The van der Waals surface area contributed by atoms with Gasteiger partial charge in [-0.25, -0.2) is 18.7 Å². The van der Waals surface area contributed by atoms with E-state index in [1.54, 1.807) is 24.3 Å². The molecule has 26 heavy (non-hydrogen) atoms. The Hall–Kier alpha value is -3.35. The summed E-state index contributed by atoms with van der Waals surface area (Å²) in [5, 5.41) is 5.60. The smallest absolute Gasteiger partial charge is 0.270 e. The fraction of sp³-hybridized carbons (Fsp3) is 0.105. The van der Waals surface area contributed by atoms with Crippen molar-refractivity contribution in [2.75, 3.05) is 11.9 Å². The molecule has 7 heteroatoms. The Morgan fingerprint density at radius 3 is 2.58 bits per heavy atom. The molecule has 5 nitrogen and oxygen atoms in total. The van der Waals surface area contributed by atoms with Crippen LogP contribution in [0.3, 0.4) is 0 Å². The van der Waals surface area contributed by atoms with E-state index in [0.29, 0.717) is 18.7 Å². The van der Waals surface area contributed by atoms with Gasteiger partial charge in [0.1, 0.15) is 17.3 Å². The predicted octanol–water partition coefficient (Wildman–Crippen LogP) is 3.47. The molecule has 3 aromatic rings. The lowest BCUT2D eigenvalue weighted by molar-refractivity contribution is 0.0949. The number of carbonyl (C=O) groups is 1. The van der Waals surface area contributed by atoms with E-state index in [1.165, 1.54) is 36.5 Å². The van der Waals surface area contributed by atoms with Gasteiger partial charge in [0.25, 0.3) is 5.91 Å². The maximum atomic E-state index is 13.2. The molecule has 132 valence electrons. The summed E-state index contributed by atoms with van der Waals surface area (Å²) in [7, 11) is 0. The lowest BCUT2D eigenvalue weighted by Gasteiger charge is -2.08. The number of rotatable bonds is 6. The third kappa shape index (κ3) is 4.83. The minimum atomic E-state index is -0.385. The van der Waals surface area contributed by atoms with Crippen LogP contribution < -0.4 is 10.6 Å².